The summed E-state index contributed by atoms with van der Waals surface area (Å²) in [5.74, 6) is 2.94. The van der Waals surface area contributed by atoms with Gasteiger partial charge in [-0.1, -0.05) is 6.92 Å². The number of aliphatic imine (C=N–C) groups is 1. The lowest BCUT2D eigenvalue weighted by atomic mass is 10.00. The highest BCUT2D eigenvalue weighted by Crippen LogP contribution is 2.32. The van der Waals surface area contributed by atoms with Crippen molar-refractivity contribution < 1.29 is 14.3 Å². The van der Waals surface area contributed by atoms with Gasteiger partial charge in [-0.2, -0.15) is 0 Å². The van der Waals surface area contributed by atoms with Gasteiger partial charge in [0.2, 0.25) is 5.91 Å². The van der Waals surface area contributed by atoms with Gasteiger partial charge in [-0.25, -0.2) is 0 Å². The Morgan fingerprint density at radius 1 is 1.26 bits per heavy atom. The largest absolute Gasteiger partial charge is 0.490 e. The summed E-state index contributed by atoms with van der Waals surface area (Å²) >= 11 is 0. The number of guanidine groups is 1. The summed E-state index contributed by atoms with van der Waals surface area (Å²) in [4.78, 5) is 18.6. The minimum Gasteiger partial charge on any atom is -0.490 e. The molecule has 27 heavy (non-hydrogen) atoms. The van der Waals surface area contributed by atoms with E-state index < -0.39 is 0 Å². The van der Waals surface area contributed by atoms with Crippen molar-refractivity contribution in [2.75, 3.05) is 45.2 Å². The number of fused-ring (bicyclic) bond motifs is 1. The van der Waals surface area contributed by atoms with Crippen LogP contribution in [0, 0.1) is 5.92 Å². The molecular weight excluding hydrogens is 344 g/mol. The molecule has 1 aromatic carbocycles. The number of carbonyl (C=O) groups excluding carboxylic acids is 1. The molecule has 0 aliphatic carbocycles. The number of nitrogens with zero attached hydrogens (tertiary/aromatic N) is 2. The van der Waals surface area contributed by atoms with E-state index in [9.17, 15) is 4.79 Å². The van der Waals surface area contributed by atoms with E-state index in [-0.39, 0.29) is 5.91 Å². The number of hydrogen-bond acceptors (Lipinski definition) is 4. The summed E-state index contributed by atoms with van der Waals surface area (Å²) in [7, 11) is 1.71. The van der Waals surface area contributed by atoms with Gasteiger partial charge in [-0.3, -0.25) is 9.79 Å². The van der Waals surface area contributed by atoms with E-state index in [0.29, 0.717) is 38.1 Å². The minimum atomic E-state index is 0.208. The summed E-state index contributed by atoms with van der Waals surface area (Å²) in [6.45, 7) is 5.84. The molecule has 0 aromatic heterocycles. The molecule has 1 fully saturated rings. The Bertz CT molecular complexity index is 677. The molecule has 2 aliphatic heterocycles. The van der Waals surface area contributed by atoms with Crippen molar-refractivity contribution in [3.05, 3.63) is 18.2 Å². The molecule has 7 heteroatoms. The zero-order valence-electron chi connectivity index (χ0n) is 16.3. The molecule has 0 radical (unpaired) electrons. The Labute approximate surface area is 161 Å². The number of likely N-dealkylation sites (tertiary alicyclic amines) is 1. The molecule has 1 aromatic rings. The van der Waals surface area contributed by atoms with E-state index in [1.165, 1.54) is 6.42 Å². The van der Waals surface area contributed by atoms with Crippen LogP contribution < -0.4 is 20.1 Å². The number of anilines is 1. The van der Waals surface area contributed by atoms with E-state index in [2.05, 4.69) is 22.5 Å². The molecular formula is C20H30N4O3. The van der Waals surface area contributed by atoms with Crippen molar-refractivity contribution in [3.63, 3.8) is 0 Å². The molecule has 2 N–H and O–H groups in total. The number of ether oxygens (including phenoxy) is 2. The number of benzene rings is 1. The van der Waals surface area contributed by atoms with Crippen LogP contribution in [0.5, 0.6) is 11.5 Å². The summed E-state index contributed by atoms with van der Waals surface area (Å²) in [5.41, 5.74) is 0.864. The zero-order chi connectivity index (χ0) is 19.1. The highest BCUT2D eigenvalue weighted by molar-refractivity contribution is 5.94. The topological polar surface area (TPSA) is 75.2 Å². The molecule has 148 valence electrons. The van der Waals surface area contributed by atoms with Crippen LogP contribution in [-0.4, -0.2) is 56.7 Å². The van der Waals surface area contributed by atoms with E-state index in [4.69, 9.17) is 9.47 Å². The highest BCUT2D eigenvalue weighted by Gasteiger charge is 2.20. The fourth-order valence-electron chi connectivity index (χ4n) is 3.42. The van der Waals surface area contributed by atoms with E-state index in [1.807, 2.05) is 23.1 Å². The molecule has 0 bridgehead atoms. The Hall–Kier alpha value is -2.44. The van der Waals surface area contributed by atoms with Gasteiger partial charge >= 0.3 is 0 Å². The van der Waals surface area contributed by atoms with Crippen LogP contribution in [0.1, 0.15) is 32.6 Å². The van der Waals surface area contributed by atoms with Crippen molar-refractivity contribution in [2.45, 2.75) is 32.6 Å². The molecule has 1 unspecified atom stereocenters. The monoisotopic (exact) mass is 374 g/mol. The summed E-state index contributed by atoms with van der Waals surface area (Å²) in [6, 6.07) is 5.74. The predicted octanol–water partition coefficient (Wildman–Crippen LogP) is 2.48. The lowest BCUT2D eigenvalue weighted by molar-refractivity contribution is -0.132. The molecule has 2 heterocycles. The molecule has 1 atom stereocenters. The molecule has 2 aliphatic rings. The number of hydrogen-bond donors (Lipinski definition) is 2. The molecule has 0 spiro atoms. The van der Waals surface area contributed by atoms with Gasteiger partial charge in [0.05, 0.1) is 13.2 Å². The average molecular weight is 374 g/mol. The maximum atomic E-state index is 12.4. The van der Waals surface area contributed by atoms with E-state index in [0.717, 1.165) is 43.1 Å². The number of amides is 1. The Kier molecular flexibility index (Phi) is 6.79. The first kappa shape index (κ1) is 19.3. The van der Waals surface area contributed by atoms with E-state index in [1.54, 1.807) is 7.05 Å². The predicted molar refractivity (Wildman–Crippen MR) is 107 cm³/mol. The van der Waals surface area contributed by atoms with Gasteiger partial charge in [0.25, 0.3) is 0 Å². The highest BCUT2D eigenvalue weighted by atomic mass is 16.5. The fourth-order valence-corrected chi connectivity index (χ4v) is 3.42. The summed E-state index contributed by atoms with van der Waals surface area (Å²) < 4.78 is 11.4. The van der Waals surface area contributed by atoms with Gasteiger partial charge in [-0.05, 0) is 30.9 Å². The van der Waals surface area contributed by atoms with Crippen molar-refractivity contribution in [3.8, 4) is 11.5 Å². The molecule has 7 nitrogen and oxygen atoms in total. The smallest absolute Gasteiger partial charge is 0.224 e. The second-order valence-corrected chi connectivity index (χ2v) is 7.17. The van der Waals surface area contributed by atoms with Crippen LogP contribution in [0.3, 0.4) is 0 Å². The number of nitrogens with one attached hydrogen (secondary N) is 2. The summed E-state index contributed by atoms with van der Waals surface area (Å²) in [5, 5.41) is 6.45. The average Bonchev–Trinajstić information content (AvgIpc) is 2.92. The minimum absolute atomic E-state index is 0.208. The first-order chi connectivity index (χ1) is 13.2. The summed E-state index contributed by atoms with van der Waals surface area (Å²) in [6.07, 6.45) is 3.67. The SMILES string of the molecule is CN=C(NCCC(=O)N1CCCC(C)C1)Nc1ccc2c(c1)OCCCO2. The third-order valence-electron chi connectivity index (χ3n) is 4.87. The molecule has 3 rings (SSSR count). The van der Waals surface area contributed by atoms with Gasteiger partial charge in [0, 0.05) is 51.3 Å². The Morgan fingerprint density at radius 3 is 2.85 bits per heavy atom. The van der Waals surface area contributed by atoms with Crippen LogP contribution >= 0.6 is 0 Å². The van der Waals surface area contributed by atoms with Gasteiger partial charge in [-0.15, -0.1) is 0 Å². The quantitative estimate of drug-likeness (QED) is 0.626. The fraction of sp³-hybridized carbons (Fsp3) is 0.600. The van der Waals surface area contributed by atoms with Crippen LogP contribution in [0.15, 0.2) is 23.2 Å². The lowest BCUT2D eigenvalue weighted by Gasteiger charge is -2.31. The van der Waals surface area contributed by atoms with Crippen molar-refractivity contribution in [1.29, 1.82) is 0 Å². The Balaban J connectivity index is 1.48. The van der Waals surface area contributed by atoms with Crippen LogP contribution in [0.2, 0.25) is 0 Å². The van der Waals surface area contributed by atoms with E-state index >= 15 is 0 Å². The second kappa shape index (κ2) is 9.48. The van der Waals surface area contributed by atoms with Gasteiger partial charge in [0.1, 0.15) is 0 Å². The normalized spacial score (nSPS) is 20.0. The molecule has 1 saturated heterocycles. The van der Waals surface area contributed by atoms with Crippen LogP contribution in [-0.2, 0) is 4.79 Å². The first-order valence-corrected chi connectivity index (χ1v) is 9.81. The van der Waals surface area contributed by atoms with Gasteiger partial charge < -0.3 is 25.0 Å². The zero-order valence-corrected chi connectivity index (χ0v) is 16.3. The molecule has 0 saturated carbocycles. The number of rotatable bonds is 4. The standard InChI is InChI=1S/C20H30N4O3/c1-15-5-3-10-24(14-15)19(25)8-9-22-20(21-2)23-16-6-7-17-18(13-16)27-12-4-11-26-17/h6-7,13,15H,3-5,8-12,14H2,1-2H3,(H2,21,22,23). The number of piperidine rings is 1. The Morgan fingerprint density at radius 2 is 2.07 bits per heavy atom. The van der Waals surface area contributed by atoms with Crippen LogP contribution in [0.4, 0.5) is 5.69 Å². The number of carbonyl (C=O) groups is 1. The maximum absolute atomic E-state index is 12.4. The third kappa shape index (κ3) is 5.52. The van der Waals surface area contributed by atoms with Crippen molar-refractivity contribution in [1.82, 2.24) is 10.2 Å². The third-order valence-corrected chi connectivity index (χ3v) is 4.87. The second-order valence-electron chi connectivity index (χ2n) is 7.17. The van der Waals surface area contributed by atoms with Gasteiger partial charge in [0.15, 0.2) is 17.5 Å². The molecule has 1 amide bonds. The van der Waals surface area contributed by atoms with Crippen molar-refractivity contribution >= 4 is 17.6 Å². The first-order valence-electron chi connectivity index (χ1n) is 9.81. The lowest BCUT2D eigenvalue weighted by Crippen LogP contribution is -2.41. The van der Waals surface area contributed by atoms with Crippen molar-refractivity contribution in [2.24, 2.45) is 10.9 Å². The maximum Gasteiger partial charge on any atom is 0.224 e. The van der Waals surface area contributed by atoms with Crippen LogP contribution in [0.25, 0.3) is 0 Å².